The molecule has 0 aliphatic carbocycles. The minimum absolute atomic E-state index is 0.0968. The molecule has 2 aromatic carbocycles. The van der Waals surface area contributed by atoms with Gasteiger partial charge in [0.15, 0.2) is 23.9 Å². The molecule has 2 aromatic rings. The second-order valence-corrected chi connectivity index (χ2v) is 6.49. The van der Waals surface area contributed by atoms with Crippen LogP contribution in [-0.2, 0) is 4.79 Å². The molecule has 1 aliphatic heterocycles. The van der Waals surface area contributed by atoms with E-state index in [-0.39, 0.29) is 25.1 Å². The van der Waals surface area contributed by atoms with Crippen LogP contribution in [0.4, 0.5) is 5.69 Å². The molecule has 0 aromatic heterocycles. The van der Waals surface area contributed by atoms with E-state index in [1.165, 1.54) is 6.92 Å². The minimum atomic E-state index is -0.352. The number of nitrogens with one attached hydrogen (secondary N) is 1. The summed E-state index contributed by atoms with van der Waals surface area (Å²) in [6.45, 7) is 5.61. The topological polar surface area (TPSA) is 73.9 Å². The molecule has 6 nitrogen and oxygen atoms in total. The summed E-state index contributed by atoms with van der Waals surface area (Å²) in [5, 5.41) is 2.73. The minimum Gasteiger partial charge on any atom is -0.483 e. The molecule has 6 heteroatoms. The predicted molar refractivity (Wildman–Crippen MR) is 102 cm³/mol. The fourth-order valence-corrected chi connectivity index (χ4v) is 2.91. The second kappa shape index (κ2) is 8.12. The summed E-state index contributed by atoms with van der Waals surface area (Å²) in [4.78, 5) is 24.3. The first-order valence-electron chi connectivity index (χ1n) is 8.95. The molecule has 1 atom stereocenters. The Morgan fingerprint density at radius 3 is 2.59 bits per heavy atom. The average Bonchev–Trinajstić information content (AvgIpc) is 3.12. The maximum Gasteiger partial charge on any atom is 0.262 e. The Kier molecular flexibility index (Phi) is 5.64. The van der Waals surface area contributed by atoms with Crippen molar-refractivity contribution in [3.8, 4) is 17.2 Å². The van der Waals surface area contributed by atoms with Crippen LogP contribution < -0.4 is 19.5 Å². The fraction of sp³-hybridized carbons (Fsp3) is 0.333. The summed E-state index contributed by atoms with van der Waals surface area (Å²) < 4.78 is 16.3. The lowest BCUT2D eigenvalue weighted by Crippen LogP contribution is -2.21. The van der Waals surface area contributed by atoms with Crippen molar-refractivity contribution in [2.75, 3.05) is 18.7 Å². The zero-order chi connectivity index (χ0) is 19.4. The van der Waals surface area contributed by atoms with E-state index in [4.69, 9.17) is 14.2 Å². The SMILES string of the molecule is CCC(C)c1ccccc1OCC(=O)Nc1cc2c(cc1C(C)=O)OCO2. The van der Waals surface area contributed by atoms with Crippen molar-refractivity contribution in [1.82, 2.24) is 0 Å². The van der Waals surface area contributed by atoms with Gasteiger partial charge in [0.05, 0.1) is 5.69 Å². The van der Waals surface area contributed by atoms with Gasteiger partial charge in [-0.2, -0.15) is 0 Å². The van der Waals surface area contributed by atoms with Crippen LogP contribution in [0.1, 0.15) is 49.0 Å². The molecule has 0 fully saturated rings. The van der Waals surface area contributed by atoms with E-state index in [0.717, 1.165) is 12.0 Å². The van der Waals surface area contributed by atoms with Gasteiger partial charge < -0.3 is 19.5 Å². The van der Waals surface area contributed by atoms with Gasteiger partial charge in [-0.15, -0.1) is 0 Å². The molecular weight excluding hydrogens is 346 g/mol. The molecule has 1 aliphatic rings. The van der Waals surface area contributed by atoms with Crippen LogP contribution in [0.5, 0.6) is 17.2 Å². The molecule has 27 heavy (non-hydrogen) atoms. The van der Waals surface area contributed by atoms with Crippen LogP contribution >= 0.6 is 0 Å². The van der Waals surface area contributed by atoms with Gasteiger partial charge in [-0.05, 0) is 37.0 Å². The second-order valence-electron chi connectivity index (χ2n) is 6.49. The summed E-state index contributed by atoms with van der Waals surface area (Å²) in [5.41, 5.74) is 1.82. The highest BCUT2D eigenvalue weighted by Crippen LogP contribution is 2.37. The van der Waals surface area contributed by atoms with Gasteiger partial charge in [-0.25, -0.2) is 0 Å². The Balaban J connectivity index is 1.71. The number of para-hydroxylation sites is 1. The first-order valence-corrected chi connectivity index (χ1v) is 8.95. The summed E-state index contributed by atoms with van der Waals surface area (Å²) >= 11 is 0. The third-order valence-electron chi connectivity index (χ3n) is 4.59. The molecule has 0 bridgehead atoms. The standard InChI is InChI=1S/C21H23NO5/c1-4-13(2)15-7-5-6-8-18(15)25-11-21(24)22-17-10-20-19(26-12-27-20)9-16(17)14(3)23/h5-10,13H,4,11-12H2,1-3H3,(H,22,24). The largest absolute Gasteiger partial charge is 0.483 e. The van der Waals surface area contributed by atoms with Crippen molar-refractivity contribution < 1.29 is 23.8 Å². The number of ether oxygens (including phenoxy) is 3. The number of rotatable bonds is 7. The quantitative estimate of drug-likeness (QED) is 0.742. The molecule has 3 rings (SSSR count). The molecule has 0 saturated heterocycles. The number of carbonyl (C=O) groups is 2. The Morgan fingerprint density at radius 2 is 1.89 bits per heavy atom. The normalized spacial score (nSPS) is 13.1. The number of hydrogen-bond donors (Lipinski definition) is 1. The molecule has 142 valence electrons. The maximum atomic E-state index is 12.4. The lowest BCUT2D eigenvalue weighted by atomic mass is 9.98. The molecule has 0 spiro atoms. The number of fused-ring (bicyclic) bond motifs is 1. The van der Waals surface area contributed by atoms with Gasteiger partial charge >= 0.3 is 0 Å². The smallest absolute Gasteiger partial charge is 0.262 e. The van der Waals surface area contributed by atoms with Crippen molar-refractivity contribution in [1.29, 1.82) is 0 Å². The zero-order valence-corrected chi connectivity index (χ0v) is 15.7. The summed E-state index contributed by atoms with van der Waals surface area (Å²) in [5.74, 6) is 1.50. The van der Waals surface area contributed by atoms with Crippen molar-refractivity contribution in [3.63, 3.8) is 0 Å². The predicted octanol–water partition coefficient (Wildman–Crippen LogP) is 4.15. The molecule has 1 unspecified atom stereocenters. The average molecular weight is 369 g/mol. The Labute approximate surface area is 158 Å². The van der Waals surface area contributed by atoms with Crippen molar-refractivity contribution in [2.24, 2.45) is 0 Å². The van der Waals surface area contributed by atoms with Gasteiger partial charge in [-0.1, -0.05) is 32.0 Å². The highest BCUT2D eigenvalue weighted by molar-refractivity contribution is 6.04. The molecule has 1 amide bonds. The summed E-state index contributed by atoms with van der Waals surface area (Å²) in [6.07, 6.45) is 0.978. The first-order chi connectivity index (χ1) is 13.0. The van der Waals surface area contributed by atoms with Crippen LogP contribution in [0, 0.1) is 0 Å². The summed E-state index contributed by atoms with van der Waals surface area (Å²) in [7, 11) is 0. The van der Waals surface area contributed by atoms with E-state index in [1.807, 2.05) is 24.3 Å². The lowest BCUT2D eigenvalue weighted by molar-refractivity contribution is -0.118. The molecular formula is C21H23NO5. The number of benzene rings is 2. The van der Waals surface area contributed by atoms with Gasteiger partial charge in [0.1, 0.15) is 5.75 Å². The van der Waals surface area contributed by atoms with E-state index in [0.29, 0.717) is 34.4 Å². The number of Topliss-reactive ketones (excluding diaryl/α,β-unsaturated/α-hetero) is 1. The number of hydrogen-bond acceptors (Lipinski definition) is 5. The van der Waals surface area contributed by atoms with Crippen LogP contribution in [0.25, 0.3) is 0 Å². The van der Waals surface area contributed by atoms with E-state index in [9.17, 15) is 9.59 Å². The van der Waals surface area contributed by atoms with E-state index in [1.54, 1.807) is 12.1 Å². The van der Waals surface area contributed by atoms with E-state index < -0.39 is 0 Å². The Morgan fingerprint density at radius 1 is 1.19 bits per heavy atom. The third kappa shape index (κ3) is 4.22. The monoisotopic (exact) mass is 369 g/mol. The van der Waals surface area contributed by atoms with Gasteiger partial charge in [-0.3, -0.25) is 9.59 Å². The molecule has 0 saturated carbocycles. The fourth-order valence-electron chi connectivity index (χ4n) is 2.91. The number of anilines is 1. The van der Waals surface area contributed by atoms with Crippen LogP contribution in [-0.4, -0.2) is 25.1 Å². The van der Waals surface area contributed by atoms with E-state index >= 15 is 0 Å². The Hall–Kier alpha value is -3.02. The van der Waals surface area contributed by atoms with Gasteiger partial charge in [0, 0.05) is 11.6 Å². The van der Waals surface area contributed by atoms with Crippen molar-refractivity contribution in [2.45, 2.75) is 33.1 Å². The molecule has 0 radical (unpaired) electrons. The lowest BCUT2D eigenvalue weighted by Gasteiger charge is -2.16. The third-order valence-corrected chi connectivity index (χ3v) is 4.59. The van der Waals surface area contributed by atoms with Gasteiger partial charge in [0.2, 0.25) is 6.79 Å². The Bertz CT molecular complexity index is 862. The van der Waals surface area contributed by atoms with Crippen molar-refractivity contribution >= 4 is 17.4 Å². The zero-order valence-electron chi connectivity index (χ0n) is 15.7. The number of carbonyl (C=O) groups excluding carboxylic acids is 2. The maximum absolute atomic E-state index is 12.4. The summed E-state index contributed by atoms with van der Waals surface area (Å²) in [6, 6.07) is 10.9. The van der Waals surface area contributed by atoms with Crippen LogP contribution in [0.2, 0.25) is 0 Å². The first kappa shape index (κ1) is 18.8. The molecule has 1 N–H and O–H groups in total. The van der Waals surface area contributed by atoms with E-state index in [2.05, 4.69) is 19.2 Å². The van der Waals surface area contributed by atoms with Gasteiger partial charge in [0.25, 0.3) is 5.91 Å². The molecule has 1 heterocycles. The highest BCUT2D eigenvalue weighted by atomic mass is 16.7. The number of ketones is 1. The van der Waals surface area contributed by atoms with Crippen LogP contribution in [0.3, 0.4) is 0 Å². The van der Waals surface area contributed by atoms with Crippen molar-refractivity contribution in [3.05, 3.63) is 47.5 Å². The number of amides is 1. The highest BCUT2D eigenvalue weighted by Gasteiger charge is 2.20. The van der Waals surface area contributed by atoms with Crippen LogP contribution in [0.15, 0.2) is 36.4 Å².